The highest BCUT2D eigenvalue weighted by Gasteiger charge is 2.84. The van der Waals surface area contributed by atoms with Crippen molar-refractivity contribution in [2.24, 2.45) is 4.99 Å². The van der Waals surface area contributed by atoms with Crippen molar-refractivity contribution in [3.8, 4) is 0 Å². The van der Waals surface area contributed by atoms with Crippen molar-refractivity contribution >= 4 is 29.2 Å². The molecule has 1 aliphatic heterocycles. The van der Waals surface area contributed by atoms with Gasteiger partial charge in [0, 0.05) is 0 Å². The normalized spacial score (nSPS) is 39.8. The number of isocyanates is 1. The molecule has 0 saturated carbocycles. The van der Waals surface area contributed by atoms with E-state index in [-0.39, 0.29) is 0 Å². The average Bonchev–Trinajstić information content (AvgIpc) is 2.55. The Bertz CT molecular complexity index is 759. The van der Waals surface area contributed by atoms with Crippen molar-refractivity contribution in [1.29, 1.82) is 0 Å². The molecular formula is C15H19NO11. The van der Waals surface area contributed by atoms with E-state index in [1.54, 1.807) is 0 Å². The zero-order valence-corrected chi connectivity index (χ0v) is 14.8. The Morgan fingerprint density at radius 1 is 0.926 bits per heavy atom. The summed E-state index contributed by atoms with van der Waals surface area (Å²) in [6, 6.07) is 0. The molecule has 0 aromatic heterocycles. The minimum absolute atomic E-state index is 0.533. The highest BCUT2D eigenvalue weighted by atomic mass is 16.7. The summed E-state index contributed by atoms with van der Waals surface area (Å²) in [5.74, 6) is -9.73. The molecule has 150 valence electrons. The van der Waals surface area contributed by atoms with Crippen LogP contribution in [0.1, 0.15) is 27.7 Å². The van der Waals surface area contributed by atoms with Crippen LogP contribution in [0.5, 0.6) is 0 Å². The van der Waals surface area contributed by atoms with Crippen LogP contribution in [-0.4, -0.2) is 89.7 Å². The quantitative estimate of drug-likeness (QED) is 0.220. The van der Waals surface area contributed by atoms with Gasteiger partial charge < -0.3 is 30.3 Å². The lowest BCUT2D eigenvalue weighted by Gasteiger charge is -2.59. The van der Waals surface area contributed by atoms with Crippen LogP contribution in [0.2, 0.25) is 0 Å². The number of aliphatic imine (C=N–C) groups is 1. The van der Waals surface area contributed by atoms with Crippen LogP contribution in [0.4, 0.5) is 0 Å². The molecule has 1 rings (SSSR count). The number of ether oxygens (including phenoxy) is 1. The fourth-order valence-electron chi connectivity index (χ4n) is 3.20. The number of hydrogen-bond acceptors (Lipinski definition) is 12. The van der Waals surface area contributed by atoms with Gasteiger partial charge in [-0.3, -0.25) is 19.2 Å². The van der Waals surface area contributed by atoms with Crippen molar-refractivity contribution in [3.63, 3.8) is 0 Å². The van der Waals surface area contributed by atoms with E-state index in [1.165, 1.54) is 0 Å². The van der Waals surface area contributed by atoms with Crippen LogP contribution in [0.15, 0.2) is 4.99 Å². The third-order valence-electron chi connectivity index (χ3n) is 4.71. The fraction of sp³-hybridized carbons (Fsp3) is 0.667. The van der Waals surface area contributed by atoms with E-state index >= 15 is 0 Å². The summed E-state index contributed by atoms with van der Waals surface area (Å²) in [5.41, 5.74) is -11.4. The zero-order valence-electron chi connectivity index (χ0n) is 14.8. The van der Waals surface area contributed by atoms with E-state index in [2.05, 4.69) is 4.99 Å². The summed E-state index contributed by atoms with van der Waals surface area (Å²) >= 11 is 0. The van der Waals surface area contributed by atoms with Gasteiger partial charge in [-0.1, -0.05) is 0 Å². The molecule has 12 heteroatoms. The summed E-state index contributed by atoms with van der Waals surface area (Å²) < 4.78 is 4.74. The number of hydrogen-bond donors (Lipinski definition) is 5. The molecular weight excluding hydrogens is 370 g/mol. The van der Waals surface area contributed by atoms with Crippen molar-refractivity contribution in [2.75, 3.05) is 0 Å². The Morgan fingerprint density at radius 2 is 1.37 bits per heavy atom. The highest BCUT2D eigenvalue weighted by Crippen LogP contribution is 2.51. The fourth-order valence-corrected chi connectivity index (χ4v) is 3.20. The zero-order chi connectivity index (χ0) is 21.6. The minimum atomic E-state index is -3.89. The number of carbonyl (C=O) groups is 4. The average molecular weight is 389 g/mol. The van der Waals surface area contributed by atoms with Gasteiger partial charge in [0.05, 0.1) is 0 Å². The first kappa shape index (κ1) is 22.9. The van der Waals surface area contributed by atoms with E-state index in [1.807, 2.05) is 0 Å². The molecule has 1 saturated heterocycles. The van der Waals surface area contributed by atoms with Crippen molar-refractivity contribution in [1.82, 2.24) is 0 Å². The number of aliphatic hydroxyl groups excluding tert-OH is 1. The second-order valence-corrected chi connectivity index (χ2v) is 6.26. The first-order chi connectivity index (χ1) is 12.1. The number of carbonyl (C=O) groups excluding carboxylic acids is 5. The molecule has 1 heterocycles. The predicted octanol–water partition coefficient (Wildman–Crippen LogP) is -3.72. The minimum Gasteiger partial charge on any atom is -0.382 e. The summed E-state index contributed by atoms with van der Waals surface area (Å²) in [6.45, 7) is 2.44. The van der Waals surface area contributed by atoms with Gasteiger partial charge >= 0.3 is 5.91 Å². The Hall–Kier alpha value is -2.18. The van der Waals surface area contributed by atoms with Gasteiger partial charge in [0.15, 0.2) is 28.7 Å². The third kappa shape index (κ3) is 2.62. The molecule has 0 aromatic carbocycles. The Balaban J connectivity index is 4.14. The van der Waals surface area contributed by atoms with E-state index in [0.29, 0.717) is 20.8 Å². The molecule has 1 aliphatic rings. The lowest BCUT2D eigenvalue weighted by Crippen LogP contribution is -2.90. The summed E-state index contributed by atoms with van der Waals surface area (Å²) in [5, 5.41) is 53.1. The van der Waals surface area contributed by atoms with Crippen LogP contribution in [0.3, 0.4) is 0 Å². The van der Waals surface area contributed by atoms with Crippen LogP contribution in [-0.2, 0) is 28.7 Å². The standard InChI is InChI=1S/C15H19NO11/c1-6(18)10(22)11-12(23,7(2)19)13(24,8(3)20)14(25,9(4)21)15(26,27-11)16-5-17/h10-11,22-26H,1-4H3/t10?,11-,12-,13+,14-,15+/m1/s1. The van der Waals surface area contributed by atoms with Crippen LogP contribution >= 0.6 is 0 Å². The first-order valence-electron chi connectivity index (χ1n) is 7.47. The second kappa shape index (κ2) is 6.77. The molecule has 5 N–H and O–H groups in total. The van der Waals surface area contributed by atoms with Crippen molar-refractivity contribution in [3.05, 3.63) is 0 Å². The molecule has 1 fully saturated rings. The van der Waals surface area contributed by atoms with Crippen molar-refractivity contribution < 1.29 is 54.2 Å². The van der Waals surface area contributed by atoms with Crippen LogP contribution < -0.4 is 0 Å². The van der Waals surface area contributed by atoms with Gasteiger partial charge in [0.25, 0.3) is 0 Å². The Kier molecular flexibility index (Phi) is 5.73. The Morgan fingerprint density at radius 3 is 1.67 bits per heavy atom. The molecule has 0 bridgehead atoms. The smallest absolute Gasteiger partial charge is 0.319 e. The molecule has 27 heavy (non-hydrogen) atoms. The summed E-state index contributed by atoms with van der Waals surface area (Å²) in [4.78, 5) is 61.5. The van der Waals surface area contributed by atoms with Gasteiger partial charge in [-0.15, -0.1) is 4.99 Å². The predicted molar refractivity (Wildman–Crippen MR) is 81.5 cm³/mol. The van der Waals surface area contributed by atoms with Gasteiger partial charge in [0.1, 0.15) is 12.2 Å². The van der Waals surface area contributed by atoms with E-state index in [0.717, 1.165) is 13.0 Å². The Labute approximate surface area is 152 Å². The third-order valence-corrected chi connectivity index (χ3v) is 4.71. The summed E-state index contributed by atoms with van der Waals surface area (Å²) in [7, 11) is 0. The lowest BCUT2D eigenvalue weighted by atomic mass is 9.59. The molecule has 0 spiro atoms. The molecule has 0 aliphatic carbocycles. The van der Waals surface area contributed by atoms with Gasteiger partial charge in [-0.2, -0.15) is 0 Å². The van der Waals surface area contributed by atoms with Gasteiger partial charge in [-0.05, 0) is 27.7 Å². The molecule has 0 amide bonds. The topological polar surface area (TPSA) is 208 Å². The largest absolute Gasteiger partial charge is 0.382 e. The van der Waals surface area contributed by atoms with E-state index in [9.17, 15) is 49.5 Å². The van der Waals surface area contributed by atoms with Crippen LogP contribution in [0, 0.1) is 0 Å². The molecule has 1 unspecified atom stereocenters. The highest BCUT2D eigenvalue weighted by molar-refractivity contribution is 6.06. The maximum absolute atomic E-state index is 12.2. The van der Waals surface area contributed by atoms with E-state index in [4.69, 9.17) is 4.74 Å². The molecule has 0 aromatic rings. The number of rotatable bonds is 6. The van der Waals surface area contributed by atoms with Crippen LogP contribution in [0.25, 0.3) is 0 Å². The number of ketones is 4. The molecule has 0 radical (unpaired) electrons. The summed E-state index contributed by atoms with van der Waals surface area (Å²) in [6.07, 6.45) is -4.32. The monoisotopic (exact) mass is 389 g/mol. The second-order valence-electron chi connectivity index (χ2n) is 6.26. The van der Waals surface area contributed by atoms with Crippen molar-refractivity contribution in [2.45, 2.75) is 62.6 Å². The van der Waals surface area contributed by atoms with Gasteiger partial charge in [-0.25, -0.2) is 4.79 Å². The van der Waals surface area contributed by atoms with E-state index < -0.39 is 58.1 Å². The molecule has 6 atom stereocenters. The first-order valence-corrected chi connectivity index (χ1v) is 7.47. The molecule has 12 nitrogen and oxygen atoms in total. The van der Waals surface area contributed by atoms with Gasteiger partial charge in [0.2, 0.25) is 17.3 Å². The maximum atomic E-state index is 12.2. The lowest BCUT2D eigenvalue weighted by molar-refractivity contribution is -0.408. The maximum Gasteiger partial charge on any atom is 0.319 e. The number of Topliss-reactive ketones (excluding diaryl/α,β-unsaturated/α-hetero) is 4. The number of nitrogens with zero attached hydrogens (tertiary/aromatic N) is 1. The number of aliphatic hydroxyl groups is 5. The SMILES string of the molecule is CC(=O)C(O)[C@H]1O[C@](O)(N=C=O)[C@@](O)(C(C)=O)[C@](O)(C(C)=O)[C@@]1(O)C(C)=O.